The molecule has 0 N–H and O–H groups in total. The fraction of sp³-hybridized carbons (Fsp3) is 0.0204. The maximum atomic E-state index is 5.05. The molecule has 0 radical (unpaired) electrons. The third-order valence-corrected chi connectivity index (χ3v) is 11.1. The molecule has 0 aliphatic heterocycles. The van der Waals surface area contributed by atoms with Gasteiger partial charge in [0, 0.05) is 16.7 Å². The zero-order valence-electron chi connectivity index (χ0n) is 27.7. The van der Waals surface area contributed by atoms with Gasteiger partial charge in [0.2, 0.25) is 0 Å². The summed E-state index contributed by atoms with van der Waals surface area (Å²) in [5.74, 6) is 0.725. The molecule has 0 saturated heterocycles. The Morgan fingerprint density at radius 2 is 0.824 bits per heavy atom. The average Bonchev–Trinajstić information content (AvgIpc) is 3.68. The molecule has 236 valence electrons. The van der Waals surface area contributed by atoms with Crippen molar-refractivity contribution < 1.29 is 0 Å². The van der Waals surface area contributed by atoms with Crippen molar-refractivity contribution in [1.29, 1.82) is 0 Å². The van der Waals surface area contributed by atoms with E-state index < -0.39 is 0 Å². The Morgan fingerprint density at radius 1 is 0.314 bits per heavy atom. The summed E-state index contributed by atoms with van der Waals surface area (Å²) in [6.07, 6.45) is 0. The van der Waals surface area contributed by atoms with Gasteiger partial charge in [-0.3, -0.25) is 0 Å². The van der Waals surface area contributed by atoms with E-state index in [0.29, 0.717) is 0 Å². The normalized spacial score (nSPS) is 13.3. The van der Waals surface area contributed by atoms with Gasteiger partial charge < -0.3 is 0 Å². The predicted octanol–water partition coefficient (Wildman–Crippen LogP) is 12.1. The molecule has 0 amide bonds. The van der Waals surface area contributed by atoms with Gasteiger partial charge in [0.05, 0.1) is 16.8 Å². The van der Waals surface area contributed by atoms with Crippen molar-refractivity contribution in [2.45, 2.75) is 5.41 Å². The predicted molar refractivity (Wildman–Crippen MR) is 210 cm³/mol. The smallest absolute Gasteiger partial charge is 0.160 e. The highest BCUT2D eigenvalue weighted by Crippen LogP contribution is 2.62. The summed E-state index contributed by atoms with van der Waals surface area (Å²) >= 11 is 0. The van der Waals surface area contributed by atoms with Gasteiger partial charge in [-0.1, -0.05) is 170 Å². The minimum absolute atomic E-state index is 0.336. The van der Waals surface area contributed by atoms with Crippen molar-refractivity contribution in [3.63, 3.8) is 0 Å². The van der Waals surface area contributed by atoms with Crippen LogP contribution in [0, 0.1) is 0 Å². The van der Waals surface area contributed by atoms with Crippen LogP contribution in [0.15, 0.2) is 182 Å². The second-order valence-electron chi connectivity index (χ2n) is 13.7. The zero-order valence-corrected chi connectivity index (χ0v) is 27.7. The number of fused-ring (bicyclic) bond motifs is 7. The molecule has 2 aliphatic rings. The number of rotatable bonds is 4. The summed E-state index contributed by atoms with van der Waals surface area (Å²) in [5.41, 5.74) is 15.2. The van der Waals surface area contributed by atoms with Gasteiger partial charge in [0.1, 0.15) is 0 Å². The van der Waals surface area contributed by atoms with Crippen molar-refractivity contribution in [1.82, 2.24) is 9.97 Å². The van der Waals surface area contributed by atoms with Gasteiger partial charge in [0.25, 0.3) is 0 Å². The molecule has 0 bridgehead atoms. The van der Waals surface area contributed by atoms with Crippen LogP contribution >= 0.6 is 0 Å². The van der Waals surface area contributed by atoms with Crippen molar-refractivity contribution in [2.75, 3.05) is 0 Å². The minimum Gasteiger partial charge on any atom is -0.228 e. The first kappa shape index (κ1) is 28.2. The topological polar surface area (TPSA) is 25.8 Å². The second-order valence-corrected chi connectivity index (χ2v) is 13.7. The molecule has 0 saturated carbocycles. The Morgan fingerprint density at radius 3 is 1.49 bits per heavy atom. The summed E-state index contributed by atoms with van der Waals surface area (Å²) in [6.45, 7) is 0. The van der Waals surface area contributed by atoms with Crippen LogP contribution in [0.4, 0.5) is 0 Å². The van der Waals surface area contributed by atoms with E-state index in [4.69, 9.17) is 9.97 Å². The van der Waals surface area contributed by atoms with Gasteiger partial charge in [0.15, 0.2) is 5.82 Å². The van der Waals surface area contributed by atoms with Crippen LogP contribution in [-0.2, 0) is 5.41 Å². The molecule has 9 aromatic rings. The van der Waals surface area contributed by atoms with Crippen LogP contribution in [0.2, 0.25) is 0 Å². The van der Waals surface area contributed by atoms with Crippen LogP contribution in [0.1, 0.15) is 22.3 Å². The fourth-order valence-electron chi connectivity index (χ4n) is 8.87. The lowest BCUT2D eigenvalue weighted by molar-refractivity contribution is 0.797. The SMILES string of the molecule is c1ccc(-c2cc(-c3ccc(-c4ccc5c(c4)-c4ccccc4C54c5cccc6ccc7cccc4c7c56)cc3)nc(-c3ccccc3)n2)cc1. The maximum absolute atomic E-state index is 5.05. The molecule has 2 aliphatic carbocycles. The third kappa shape index (κ3) is 3.99. The summed E-state index contributed by atoms with van der Waals surface area (Å²) in [4.78, 5) is 10.0. The zero-order chi connectivity index (χ0) is 33.5. The number of nitrogens with zero attached hydrogens (tertiary/aromatic N) is 2. The van der Waals surface area contributed by atoms with Gasteiger partial charge >= 0.3 is 0 Å². The highest BCUT2D eigenvalue weighted by molar-refractivity contribution is 6.17. The third-order valence-electron chi connectivity index (χ3n) is 11.1. The Kier molecular flexibility index (Phi) is 5.91. The van der Waals surface area contributed by atoms with Crippen molar-refractivity contribution in [3.8, 4) is 56.2 Å². The van der Waals surface area contributed by atoms with E-state index in [9.17, 15) is 0 Å². The molecule has 0 atom stereocenters. The maximum Gasteiger partial charge on any atom is 0.160 e. The van der Waals surface area contributed by atoms with Gasteiger partial charge in [-0.2, -0.15) is 0 Å². The second kappa shape index (κ2) is 10.7. The monoisotopic (exact) mass is 646 g/mol. The molecule has 2 nitrogen and oxygen atoms in total. The summed E-state index contributed by atoms with van der Waals surface area (Å²) in [7, 11) is 0. The highest BCUT2D eigenvalue weighted by atomic mass is 14.9. The molecule has 0 fully saturated rings. The highest BCUT2D eigenvalue weighted by Gasteiger charge is 2.50. The van der Waals surface area contributed by atoms with Crippen LogP contribution < -0.4 is 0 Å². The van der Waals surface area contributed by atoms with E-state index >= 15 is 0 Å². The first-order valence-corrected chi connectivity index (χ1v) is 17.6. The first-order chi connectivity index (χ1) is 25.3. The van der Waals surface area contributed by atoms with Crippen molar-refractivity contribution >= 4 is 21.5 Å². The number of aromatic nitrogens is 2. The molecule has 0 unspecified atom stereocenters. The van der Waals surface area contributed by atoms with Crippen molar-refractivity contribution in [2.24, 2.45) is 0 Å². The molecule has 1 spiro atoms. The molecular formula is C49H30N2. The molecule has 1 aromatic heterocycles. The largest absolute Gasteiger partial charge is 0.228 e. The number of hydrogen-bond donors (Lipinski definition) is 0. The Balaban J connectivity index is 1.04. The minimum atomic E-state index is -0.336. The van der Waals surface area contributed by atoms with E-state index in [1.807, 2.05) is 24.3 Å². The van der Waals surface area contributed by atoms with Gasteiger partial charge in [-0.15, -0.1) is 0 Å². The molecule has 8 aromatic carbocycles. The molecule has 2 heteroatoms. The van der Waals surface area contributed by atoms with Crippen LogP contribution in [-0.4, -0.2) is 9.97 Å². The Hall–Kier alpha value is -6.64. The first-order valence-electron chi connectivity index (χ1n) is 17.6. The summed E-state index contributed by atoms with van der Waals surface area (Å²) in [5, 5.41) is 5.40. The quantitative estimate of drug-likeness (QED) is 0.178. The lowest BCUT2D eigenvalue weighted by Crippen LogP contribution is -2.26. The lowest BCUT2D eigenvalue weighted by Gasteiger charge is -2.30. The fourth-order valence-corrected chi connectivity index (χ4v) is 8.87. The Labute approximate surface area is 296 Å². The summed E-state index contributed by atoms with van der Waals surface area (Å²) < 4.78 is 0. The van der Waals surface area contributed by atoms with Gasteiger partial charge in [-0.25, -0.2) is 9.97 Å². The van der Waals surface area contributed by atoms with Crippen LogP contribution in [0.5, 0.6) is 0 Å². The van der Waals surface area contributed by atoms with E-state index in [-0.39, 0.29) is 5.41 Å². The van der Waals surface area contributed by atoms with Gasteiger partial charge in [-0.05, 0) is 78.2 Å². The Bertz CT molecular complexity index is 2720. The lowest BCUT2D eigenvalue weighted by atomic mass is 9.70. The molecule has 51 heavy (non-hydrogen) atoms. The average molecular weight is 647 g/mol. The van der Waals surface area contributed by atoms with Crippen LogP contribution in [0.25, 0.3) is 77.7 Å². The van der Waals surface area contributed by atoms with E-state index in [2.05, 4.69) is 158 Å². The number of hydrogen-bond acceptors (Lipinski definition) is 2. The van der Waals surface area contributed by atoms with E-state index in [1.165, 1.54) is 66.1 Å². The standard InChI is InChI=1S/C49H30N2/c1-3-11-32(12-4-1)44-30-45(51-48(50-44)36-13-5-2-6-14-36)33-23-21-31(22-24-33)37-27-28-41-39(29-37)38-17-7-8-18-40(38)49(41)42-19-9-15-34-25-26-35-16-10-20-43(49)47(35)46(34)42/h1-30H. The van der Waals surface area contributed by atoms with E-state index in [0.717, 1.165) is 33.9 Å². The molecule has 11 rings (SSSR count). The number of benzene rings is 8. The van der Waals surface area contributed by atoms with E-state index in [1.54, 1.807) is 0 Å². The van der Waals surface area contributed by atoms with Crippen molar-refractivity contribution in [3.05, 3.63) is 204 Å². The van der Waals surface area contributed by atoms with Crippen LogP contribution in [0.3, 0.4) is 0 Å². The molecular weight excluding hydrogens is 617 g/mol. The summed E-state index contributed by atoms with van der Waals surface area (Å²) in [6, 6.07) is 65.9. The molecule has 1 heterocycles.